The van der Waals surface area contributed by atoms with Gasteiger partial charge in [0.1, 0.15) is 31.0 Å². The van der Waals surface area contributed by atoms with E-state index >= 15 is 0 Å². The molecule has 2 rings (SSSR count). The molecule has 0 spiro atoms. The number of amides is 1. The van der Waals surface area contributed by atoms with Crippen LogP contribution in [0.25, 0.3) is 0 Å². The predicted octanol–water partition coefficient (Wildman–Crippen LogP) is 3.00. The molecule has 0 unspecified atom stereocenters. The van der Waals surface area contributed by atoms with Crippen LogP contribution in [0.5, 0.6) is 11.5 Å². The molecule has 0 aromatic heterocycles. The summed E-state index contributed by atoms with van der Waals surface area (Å²) in [5, 5.41) is 2.70. The second-order valence-electron chi connectivity index (χ2n) is 7.65. The largest absolute Gasteiger partial charge is 0.491 e. The quantitative estimate of drug-likeness (QED) is 0.185. The van der Waals surface area contributed by atoms with Crippen LogP contribution in [0.15, 0.2) is 48.5 Å². The van der Waals surface area contributed by atoms with Crippen molar-refractivity contribution in [1.82, 2.24) is 0 Å². The normalized spacial score (nSPS) is 10.7. The van der Waals surface area contributed by atoms with Crippen molar-refractivity contribution in [3.63, 3.8) is 0 Å². The van der Waals surface area contributed by atoms with Gasteiger partial charge in [0, 0.05) is 18.2 Å². The van der Waals surface area contributed by atoms with Crippen molar-refractivity contribution in [1.29, 1.82) is 0 Å². The second kappa shape index (κ2) is 20.1. The number of rotatable bonds is 22. The fourth-order valence-corrected chi connectivity index (χ4v) is 2.90. The lowest BCUT2D eigenvalue weighted by Gasteiger charge is -2.09. The van der Waals surface area contributed by atoms with E-state index in [2.05, 4.69) is 5.32 Å². The Labute approximate surface area is 218 Å². The van der Waals surface area contributed by atoms with Gasteiger partial charge in [-0.05, 0) is 48.5 Å². The Morgan fingerprint density at radius 2 is 0.946 bits per heavy atom. The van der Waals surface area contributed by atoms with Crippen LogP contribution in [0.3, 0.4) is 0 Å². The van der Waals surface area contributed by atoms with Gasteiger partial charge in [0.25, 0.3) is 0 Å². The third-order valence-electron chi connectivity index (χ3n) is 4.67. The smallest absolute Gasteiger partial charge is 0.221 e. The highest BCUT2D eigenvalue weighted by molar-refractivity contribution is 5.88. The van der Waals surface area contributed by atoms with Gasteiger partial charge in [0.2, 0.25) is 5.91 Å². The van der Waals surface area contributed by atoms with Crippen LogP contribution in [0.1, 0.15) is 17.3 Å². The minimum Gasteiger partial charge on any atom is -0.491 e. The lowest BCUT2D eigenvalue weighted by Crippen LogP contribution is -2.15. The second-order valence-corrected chi connectivity index (χ2v) is 7.65. The number of carbonyl (C=O) groups excluding carboxylic acids is 2. The van der Waals surface area contributed by atoms with Gasteiger partial charge in [0.05, 0.1) is 66.1 Å². The Hall–Kier alpha value is -3.02. The third kappa shape index (κ3) is 15.6. The minimum absolute atomic E-state index is 0.109. The zero-order valence-electron chi connectivity index (χ0n) is 21.4. The van der Waals surface area contributed by atoms with Crippen molar-refractivity contribution >= 4 is 17.9 Å². The molecule has 0 saturated heterocycles. The van der Waals surface area contributed by atoms with Crippen LogP contribution in [0.4, 0.5) is 5.69 Å². The first-order chi connectivity index (χ1) is 18.2. The number of hydrogen-bond donors (Lipinski definition) is 1. The van der Waals surface area contributed by atoms with Gasteiger partial charge in [-0.15, -0.1) is 0 Å². The molecule has 0 fully saturated rings. The van der Waals surface area contributed by atoms with E-state index in [4.69, 9.17) is 33.2 Å². The maximum absolute atomic E-state index is 11.0. The Bertz CT molecular complexity index is 859. The highest BCUT2D eigenvalue weighted by atomic mass is 16.6. The van der Waals surface area contributed by atoms with Gasteiger partial charge in [-0.1, -0.05) is 0 Å². The summed E-state index contributed by atoms with van der Waals surface area (Å²) in [6.45, 7) is 7.11. The predicted molar refractivity (Wildman–Crippen MR) is 138 cm³/mol. The monoisotopic (exact) mass is 519 g/mol. The Morgan fingerprint density at radius 1 is 0.595 bits per heavy atom. The van der Waals surface area contributed by atoms with E-state index in [0.29, 0.717) is 96.3 Å². The molecule has 1 amide bonds. The molecule has 0 aliphatic rings. The van der Waals surface area contributed by atoms with Gasteiger partial charge in [-0.25, -0.2) is 0 Å². The van der Waals surface area contributed by atoms with Crippen molar-refractivity contribution in [3.8, 4) is 11.5 Å². The topological polar surface area (TPSA) is 111 Å². The first kappa shape index (κ1) is 30.2. The van der Waals surface area contributed by atoms with Gasteiger partial charge in [0.15, 0.2) is 0 Å². The van der Waals surface area contributed by atoms with Gasteiger partial charge in [-0.3, -0.25) is 9.59 Å². The van der Waals surface area contributed by atoms with Crippen LogP contribution in [0, 0.1) is 0 Å². The van der Waals surface area contributed by atoms with Crippen molar-refractivity contribution < 1.29 is 42.7 Å². The van der Waals surface area contributed by atoms with Crippen molar-refractivity contribution in [2.24, 2.45) is 0 Å². The summed E-state index contributed by atoms with van der Waals surface area (Å²) in [6, 6.07) is 14.1. The van der Waals surface area contributed by atoms with Crippen LogP contribution in [-0.2, 0) is 28.5 Å². The van der Waals surface area contributed by atoms with Gasteiger partial charge in [-0.2, -0.15) is 0 Å². The molecule has 0 heterocycles. The number of anilines is 1. The number of nitrogens with one attached hydrogen (secondary N) is 1. The number of carbonyl (C=O) groups is 2. The van der Waals surface area contributed by atoms with Crippen LogP contribution < -0.4 is 14.8 Å². The summed E-state index contributed by atoms with van der Waals surface area (Å²) in [5.74, 6) is 1.31. The number of aldehydes is 1. The summed E-state index contributed by atoms with van der Waals surface area (Å²) in [7, 11) is 0. The molecule has 0 aliphatic heterocycles. The average Bonchev–Trinajstić information content (AvgIpc) is 2.91. The molecule has 0 atom stereocenters. The lowest BCUT2D eigenvalue weighted by molar-refractivity contribution is -0.114. The van der Waals surface area contributed by atoms with E-state index < -0.39 is 0 Å². The molecular weight excluding hydrogens is 482 g/mol. The van der Waals surface area contributed by atoms with Crippen LogP contribution in [0.2, 0.25) is 0 Å². The highest BCUT2D eigenvalue weighted by Gasteiger charge is 1.99. The van der Waals surface area contributed by atoms with Crippen molar-refractivity contribution in [2.45, 2.75) is 6.92 Å². The number of benzene rings is 2. The van der Waals surface area contributed by atoms with Crippen LogP contribution >= 0.6 is 0 Å². The van der Waals surface area contributed by atoms with Crippen LogP contribution in [-0.4, -0.2) is 91.5 Å². The standard InChI is InChI=1S/C27H37NO9/c1-23(30)28-25-4-8-27(9-5-25)37-21-19-35-17-15-33-13-11-31-10-12-32-14-16-34-18-20-36-26-6-2-24(22-29)3-7-26/h2-9,22H,10-21H2,1H3,(H,28,30). The molecule has 2 aromatic carbocycles. The van der Waals surface area contributed by atoms with Crippen molar-refractivity contribution in [2.75, 3.05) is 84.6 Å². The first-order valence-electron chi connectivity index (χ1n) is 12.2. The zero-order valence-corrected chi connectivity index (χ0v) is 21.4. The highest BCUT2D eigenvalue weighted by Crippen LogP contribution is 2.15. The Kier molecular flexibility index (Phi) is 16.4. The third-order valence-corrected chi connectivity index (χ3v) is 4.67. The first-order valence-corrected chi connectivity index (χ1v) is 12.2. The zero-order chi connectivity index (χ0) is 26.4. The molecule has 0 radical (unpaired) electrons. The number of ether oxygens (including phenoxy) is 7. The number of hydrogen-bond acceptors (Lipinski definition) is 9. The molecule has 10 heteroatoms. The van der Waals surface area contributed by atoms with E-state index in [1.54, 1.807) is 48.5 Å². The van der Waals surface area contributed by atoms with Gasteiger partial charge < -0.3 is 38.5 Å². The van der Waals surface area contributed by atoms with E-state index in [-0.39, 0.29) is 5.91 Å². The summed E-state index contributed by atoms with van der Waals surface area (Å²) in [5.41, 5.74) is 1.35. The molecule has 0 saturated carbocycles. The fourth-order valence-electron chi connectivity index (χ4n) is 2.90. The van der Waals surface area contributed by atoms with Crippen molar-refractivity contribution in [3.05, 3.63) is 54.1 Å². The summed E-state index contributed by atoms with van der Waals surface area (Å²) < 4.78 is 38.4. The molecule has 10 nitrogen and oxygen atoms in total. The summed E-state index contributed by atoms with van der Waals surface area (Å²) >= 11 is 0. The fraction of sp³-hybridized carbons (Fsp3) is 0.481. The van der Waals surface area contributed by atoms with E-state index in [1.165, 1.54) is 6.92 Å². The van der Waals surface area contributed by atoms with Gasteiger partial charge >= 0.3 is 0 Å². The summed E-state index contributed by atoms with van der Waals surface area (Å²) in [6.07, 6.45) is 0.795. The average molecular weight is 520 g/mol. The molecule has 1 N–H and O–H groups in total. The maximum atomic E-state index is 11.0. The molecule has 2 aromatic rings. The Balaban J connectivity index is 1.26. The lowest BCUT2D eigenvalue weighted by atomic mass is 10.2. The maximum Gasteiger partial charge on any atom is 0.221 e. The molecule has 0 bridgehead atoms. The van der Waals surface area contributed by atoms with E-state index in [1.807, 2.05) is 0 Å². The van der Waals surface area contributed by atoms with E-state index in [9.17, 15) is 9.59 Å². The molecule has 37 heavy (non-hydrogen) atoms. The Morgan fingerprint density at radius 3 is 1.30 bits per heavy atom. The molecule has 204 valence electrons. The SMILES string of the molecule is CC(=O)Nc1ccc(OCCOCCOCCOCCOCCOCCOc2ccc(C=O)cc2)cc1. The minimum atomic E-state index is -0.109. The molecular formula is C27H37NO9. The van der Waals surface area contributed by atoms with E-state index in [0.717, 1.165) is 12.0 Å². The molecule has 0 aliphatic carbocycles. The summed E-state index contributed by atoms with van der Waals surface area (Å²) in [4.78, 5) is 21.6.